The molecule has 5 nitrogen and oxygen atoms in total. The predicted molar refractivity (Wildman–Crippen MR) is 139 cm³/mol. The molecule has 1 heterocycles. The molecule has 0 saturated heterocycles. The molecule has 3 aromatic carbocycles. The van der Waals surface area contributed by atoms with E-state index < -0.39 is 15.7 Å². The van der Waals surface area contributed by atoms with Crippen molar-refractivity contribution >= 4 is 32.2 Å². The number of carbonyl (C=O) groups excluding carboxylic acids is 1. The third kappa shape index (κ3) is 5.11. The van der Waals surface area contributed by atoms with Gasteiger partial charge < -0.3 is 0 Å². The van der Waals surface area contributed by atoms with Gasteiger partial charge in [0.25, 0.3) is 5.91 Å². The fourth-order valence-electron chi connectivity index (χ4n) is 3.72. The van der Waals surface area contributed by atoms with Gasteiger partial charge in [-0.1, -0.05) is 87.0 Å². The van der Waals surface area contributed by atoms with E-state index in [0.717, 1.165) is 40.1 Å². The Balaban J connectivity index is 1.63. The van der Waals surface area contributed by atoms with Gasteiger partial charge in [-0.25, -0.2) is 13.4 Å². The first-order chi connectivity index (χ1) is 16.4. The number of nitrogens with zero attached hydrogens (tertiary/aromatic N) is 1. The molecule has 0 aliphatic carbocycles. The molecule has 0 aliphatic heterocycles. The molecule has 1 amide bonds. The van der Waals surface area contributed by atoms with Crippen molar-refractivity contribution in [2.45, 2.75) is 31.6 Å². The van der Waals surface area contributed by atoms with Crippen LogP contribution in [0, 0.1) is 0 Å². The van der Waals surface area contributed by atoms with Gasteiger partial charge in [0.05, 0.1) is 21.9 Å². The number of sulfone groups is 1. The van der Waals surface area contributed by atoms with E-state index in [9.17, 15) is 13.2 Å². The minimum atomic E-state index is -3.53. The Labute approximate surface area is 204 Å². The molecule has 0 fully saturated rings. The number of anilines is 1. The van der Waals surface area contributed by atoms with Gasteiger partial charge in [0, 0.05) is 10.4 Å². The summed E-state index contributed by atoms with van der Waals surface area (Å²) < 4.78 is 24.9. The van der Waals surface area contributed by atoms with E-state index in [0.29, 0.717) is 5.13 Å². The monoisotopic (exact) mass is 490 g/mol. The Bertz CT molecular complexity index is 1390. The quantitative estimate of drug-likeness (QED) is 0.307. The number of rotatable bonds is 8. The van der Waals surface area contributed by atoms with Gasteiger partial charge in [0.15, 0.2) is 15.0 Å². The lowest BCUT2D eigenvalue weighted by Gasteiger charge is -2.08. The van der Waals surface area contributed by atoms with E-state index in [4.69, 9.17) is 4.98 Å². The molecular formula is C27H26N2O3S2. The summed E-state index contributed by atoms with van der Waals surface area (Å²) in [5, 5.41) is 3.28. The number of aromatic nitrogens is 1. The van der Waals surface area contributed by atoms with E-state index in [2.05, 4.69) is 36.5 Å². The summed E-state index contributed by atoms with van der Waals surface area (Å²) in [5.41, 5.74) is 4.23. The minimum Gasteiger partial charge on any atom is -0.298 e. The number of carbonyl (C=O) groups is 1. The predicted octanol–water partition coefficient (Wildman–Crippen LogP) is 6.48. The number of amides is 1. The van der Waals surface area contributed by atoms with Crippen molar-refractivity contribution in [2.75, 3.05) is 11.1 Å². The van der Waals surface area contributed by atoms with Crippen LogP contribution in [0.25, 0.3) is 22.4 Å². The summed E-state index contributed by atoms with van der Waals surface area (Å²) in [6.07, 6.45) is 1.78. The van der Waals surface area contributed by atoms with Gasteiger partial charge in [0.1, 0.15) is 0 Å². The molecule has 4 aromatic rings. The van der Waals surface area contributed by atoms with Crippen LogP contribution in [-0.2, 0) is 16.3 Å². The summed E-state index contributed by atoms with van der Waals surface area (Å²) in [7, 11) is -3.53. The highest BCUT2D eigenvalue weighted by Gasteiger charge is 2.22. The average Bonchev–Trinajstić information content (AvgIpc) is 3.27. The maximum absolute atomic E-state index is 13.0. The Kier molecular flexibility index (Phi) is 7.24. The topological polar surface area (TPSA) is 76.1 Å². The molecule has 0 bridgehead atoms. The lowest BCUT2D eigenvalue weighted by atomic mass is 10.0. The lowest BCUT2D eigenvalue weighted by molar-refractivity contribution is 0.102. The van der Waals surface area contributed by atoms with Gasteiger partial charge in [-0.2, -0.15) is 0 Å². The highest BCUT2D eigenvalue weighted by molar-refractivity contribution is 7.91. The van der Waals surface area contributed by atoms with Crippen LogP contribution >= 0.6 is 11.3 Å². The summed E-state index contributed by atoms with van der Waals surface area (Å²) >= 11 is 1.43. The van der Waals surface area contributed by atoms with Crippen molar-refractivity contribution in [1.82, 2.24) is 4.98 Å². The van der Waals surface area contributed by atoms with Crippen LogP contribution in [0.4, 0.5) is 5.13 Å². The molecule has 0 radical (unpaired) electrons. The maximum Gasteiger partial charge on any atom is 0.258 e. The van der Waals surface area contributed by atoms with Crippen LogP contribution in [0.1, 0.15) is 35.5 Å². The van der Waals surface area contributed by atoms with Crippen molar-refractivity contribution in [3.63, 3.8) is 0 Å². The van der Waals surface area contributed by atoms with Crippen LogP contribution in [0.3, 0.4) is 0 Å². The number of nitrogens with one attached hydrogen (secondary N) is 1. The SMILES string of the molecule is CCCc1sc(NC(=O)c2ccccc2S(=O)(=O)CC)nc1-c1ccc(-c2ccccc2)cc1. The standard InChI is InChI=1S/C27H26N2O3S2/c1-3-10-23-25(21-17-15-20(16-18-21)19-11-6-5-7-12-19)28-27(33-23)29-26(30)22-13-8-9-14-24(22)34(31,32)4-2/h5-9,11-18H,3-4,10H2,1-2H3,(H,28,29,30). The Morgan fingerprint density at radius 2 is 1.47 bits per heavy atom. The zero-order valence-electron chi connectivity index (χ0n) is 19.1. The molecular weight excluding hydrogens is 464 g/mol. The van der Waals surface area contributed by atoms with Crippen LogP contribution < -0.4 is 5.32 Å². The Hall–Kier alpha value is -3.29. The molecule has 0 unspecified atom stereocenters. The minimum absolute atomic E-state index is 0.0389. The average molecular weight is 491 g/mol. The molecule has 1 aromatic heterocycles. The van der Waals surface area contributed by atoms with Crippen molar-refractivity contribution in [3.8, 4) is 22.4 Å². The van der Waals surface area contributed by atoms with Gasteiger partial charge in [0.2, 0.25) is 0 Å². The number of benzene rings is 3. The molecule has 0 saturated carbocycles. The van der Waals surface area contributed by atoms with E-state index in [1.165, 1.54) is 23.5 Å². The number of aryl methyl sites for hydroxylation is 1. The summed E-state index contributed by atoms with van der Waals surface area (Å²) in [6, 6.07) is 24.7. The van der Waals surface area contributed by atoms with Crippen molar-refractivity contribution in [1.29, 1.82) is 0 Å². The second-order valence-corrected chi connectivity index (χ2v) is 11.2. The number of hydrogen-bond donors (Lipinski definition) is 1. The zero-order valence-corrected chi connectivity index (χ0v) is 20.7. The third-order valence-electron chi connectivity index (χ3n) is 5.51. The van der Waals surface area contributed by atoms with E-state index in [1.54, 1.807) is 19.1 Å². The Morgan fingerprint density at radius 3 is 2.15 bits per heavy atom. The molecule has 0 aliphatic rings. The molecule has 4 rings (SSSR count). The van der Waals surface area contributed by atoms with E-state index >= 15 is 0 Å². The first-order valence-electron chi connectivity index (χ1n) is 11.2. The zero-order chi connectivity index (χ0) is 24.1. The van der Waals surface area contributed by atoms with Crippen molar-refractivity contribution in [2.24, 2.45) is 0 Å². The second-order valence-electron chi connectivity index (χ2n) is 7.84. The molecule has 7 heteroatoms. The van der Waals surface area contributed by atoms with Gasteiger partial charge in [-0.3, -0.25) is 10.1 Å². The summed E-state index contributed by atoms with van der Waals surface area (Å²) in [5.74, 6) is -0.548. The van der Waals surface area contributed by atoms with Crippen LogP contribution in [0.2, 0.25) is 0 Å². The van der Waals surface area contributed by atoms with E-state index in [1.807, 2.05) is 30.3 Å². The molecule has 174 valence electrons. The lowest BCUT2D eigenvalue weighted by Crippen LogP contribution is -2.17. The fourth-order valence-corrected chi connectivity index (χ4v) is 5.90. The van der Waals surface area contributed by atoms with Crippen LogP contribution in [0.5, 0.6) is 0 Å². The van der Waals surface area contributed by atoms with E-state index in [-0.39, 0.29) is 16.2 Å². The second kappa shape index (κ2) is 10.3. The first-order valence-corrected chi connectivity index (χ1v) is 13.7. The molecule has 34 heavy (non-hydrogen) atoms. The smallest absolute Gasteiger partial charge is 0.258 e. The highest BCUT2D eigenvalue weighted by atomic mass is 32.2. The number of hydrogen-bond acceptors (Lipinski definition) is 5. The van der Waals surface area contributed by atoms with Crippen LogP contribution in [0.15, 0.2) is 83.8 Å². The summed E-state index contributed by atoms with van der Waals surface area (Å²) in [6.45, 7) is 3.67. The Morgan fingerprint density at radius 1 is 0.853 bits per heavy atom. The van der Waals surface area contributed by atoms with Gasteiger partial charge >= 0.3 is 0 Å². The van der Waals surface area contributed by atoms with Crippen molar-refractivity contribution < 1.29 is 13.2 Å². The maximum atomic E-state index is 13.0. The number of thiazole rings is 1. The third-order valence-corrected chi connectivity index (χ3v) is 8.32. The van der Waals surface area contributed by atoms with Gasteiger partial charge in [-0.05, 0) is 29.7 Å². The first kappa shape index (κ1) is 23.9. The molecule has 0 atom stereocenters. The largest absolute Gasteiger partial charge is 0.298 e. The molecule has 1 N–H and O–H groups in total. The fraction of sp³-hybridized carbons (Fsp3) is 0.185. The highest BCUT2D eigenvalue weighted by Crippen LogP contribution is 2.34. The van der Waals surface area contributed by atoms with Gasteiger partial charge in [-0.15, -0.1) is 11.3 Å². The van der Waals surface area contributed by atoms with Crippen molar-refractivity contribution in [3.05, 3.63) is 89.3 Å². The summed E-state index contributed by atoms with van der Waals surface area (Å²) in [4.78, 5) is 18.8. The normalized spacial score (nSPS) is 11.4. The molecule has 0 spiro atoms. The van der Waals surface area contributed by atoms with Crippen LogP contribution in [-0.4, -0.2) is 25.1 Å².